The third kappa shape index (κ3) is 7.78. The summed E-state index contributed by atoms with van der Waals surface area (Å²) in [6.45, 7) is 2.69. The first-order valence-electron chi connectivity index (χ1n) is 3.16. The van der Waals surface area contributed by atoms with E-state index in [1.807, 2.05) is 6.92 Å². The molecule has 0 aromatic carbocycles. The number of hydrogen-bond acceptors (Lipinski definition) is 2. The molecule has 10 heavy (non-hydrogen) atoms. The van der Waals surface area contributed by atoms with Crippen molar-refractivity contribution in [2.24, 2.45) is 0 Å². The maximum Gasteiger partial charge on any atom is 0.354 e. The number of ether oxygens (including phenoxy) is 2. The van der Waals surface area contributed by atoms with Crippen molar-refractivity contribution in [2.75, 3.05) is 13.4 Å². The van der Waals surface area contributed by atoms with Crippen LogP contribution in [0.1, 0.15) is 20.3 Å². The lowest BCUT2D eigenvalue weighted by molar-refractivity contribution is -0.264. The van der Waals surface area contributed by atoms with E-state index in [0.717, 1.165) is 6.42 Å². The first-order valence-corrected chi connectivity index (χ1v) is 3.16. The summed E-state index contributed by atoms with van der Waals surface area (Å²) in [5, 5.41) is 0. The normalized spacial score (nSPS) is 12.0. The van der Waals surface area contributed by atoms with Gasteiger partial charge in [0.2, 0.25) is 0 Å². The van der Waals surface area contributed by atoms with Gasteiger partial charge in [-0.25, -0.2) is 0 Å². The molecule has 0 radical (unpaired) electrons. The lowest BCUT2D eigenvalue weighted by Gasteiger charge is -2.10. The molecule has 0 atom stereocenters. The Bertz CT molecular complexity index is 80.3. The second-order valence-corrected chi connectivity index (χ2v) is 1.98. The monoisotopic (exact) mass is 154 g/mol. The molecule has 0 fully saturated rings. The molecule has 0 aromatic rings. The summed E-state index contributed by atoms with van der Waals surface area (Å²) in [5.74, 6) is 0. The number of rotatable bonds is 5. The van der Waals surface area contributed by atoms with E-state index >= 15 is 0 Å². The van der Waals surface area contributed by atoms with Gasteiger partial charge in [-0.05, 0) is 6.42 Å². The zero-order valence-corrected chi connectivity index (χ0v) is 6.19. The molecule has 0 rings (SSSR count). The minimum atomic E-state index is -3.08. The van der Waals surface area contributed by atoms with Crippen molar-refractivity contribution in [3.63, 3.8) is 0 Å². The van der Waals surface area contributed by atoms with Gasteiger partial charge in [-0.15, -0.1) is 0 Å². The quantitative estimate of drug-likeness (QED) is 0.445. The molecule has 0 spiro atoms. The van der Waals surface area contributed by atoms with Crippen molar-refractivity contribution in [1.29, 1.82) is 0 Å². The smallest absolute Gasteiger partial charge is 0.354 e. The second-order valence-electron chi connectivity index (χ2n) is 1.98. The highest BCUT2D eigenvalue weighted by Gasteiger charge is 2.20. The van der Waals surface area contributed by atoms with Crippen LogP contribution < -0.4 is 0 Å². The van der Waals surface area contributed by atoms with E-state index in [-0.39, 0.29) is 6.79 Å². The Morgan fingerprint density at radius 2 is 2.00 bits per heavy atom. The zero-order valence-electron chi connectivity index (χ0n) is 6.19. The molecule has 0 aliphatic carbocycles. The van der Waals surface area contributed by atoms with Gasteiger partial charge in [0, 0.05) is 13.5 Å². The predicted octanol–water partition coefficient (Wildman–Crippen LogP) is 2.00. The average Bonchev–Trinajstić information content (AvgIpc) is 1.78. The SMILES string of the molecule is CCCOCOC(C)(F)F. The first-order chi connectivity index (χ1) is 4.56. The highest BCUT2D eigenvalue weighted by Crippen LogP contribution is 2.12. The fourth-order valence-corrected chi connectivity index (χ4v) is 0.348. The highest BCUT2D eigenvalue weighted by molar-refractivity contribution is 4.33. The fourth-order valence-electron chi connectivity index (χ4n) is 0.348. The van der Waals surface area contributed by atoms with Crippen LogP contribution in [0.25, 0.3) is 0 Å². The molecule has 0 saturated carbocycles. The van der Waals surface area contributed by atoms with Crippen molar-refractivity contribution in [3.05, 3.63) is 0 Å². The molecular weight excluding hydrogens is 142 g/mol. The van der Waals surface area contributed by atoms with Crippen molar-refractivity contribution in [3.8, 4) is 0 Å². The minimum Gasteiger partial charge on any atom is -0.355 e. The number of halogens is 2. The molecule has 0 aliphatic rings. The Hall–Kier alpha value is -0.220. The molecule has 0 saturated heterocycles. The van der Waals surface area contributed by atoms with Gasteiger partial charge in [-0.2, -0.15) is 8.78 Å². The van der Waals surface area contributed by atoms with Crippen molar-refractivity contribution >= 4 is 0 Å². The molecule has 62 valence electrons. The van der Waals surface area contributed by atoms with E-state index in [4.69, 9.17) is 0 Å². The Kier molecular flexibility index (Phi) is 4.47. The zero-order chi connectivity index (χ0) is 8.04. The Labute approximate surface area is 59.1 Å². The fraction of sp³-hybridized carbons (Fsp3) is 1.00. The van der Waals surface area contributed by atoms with Crippen LogP contribution in [-0.2, 0) is 9.47 Å². The summed E-state index contributed by atoms with van der Waals surface area (Å²) >= 11 is 0. The Balaban J connectivity index is 3.04. The molecule has 0 amide bonds. The van der Waals surface area contributed by atoms with Gasteiger partial charge < -0.3 is 4.74 Å². The van der Waals surface area contributed by atoms with Crippen LogP contribution in [0.3, 0.4) is 0 Å². The van der Waals surface area contributed by atoms with E-state index in [1.54, 1.807) is 0 Å². The van der Waals surface area contributed by atoms with Gasteiger partial charge in [-0.1, -0.05) is 6.92 Å². The number of alkyl halides is 2. The van der Waals surface area contributed by atoms with Crippen LogP contribution >= 0.6 is 0 Å². The maximum atomic E-state index is 11.8. The van der Waals surface area contributed by atoms with E-state index in [2.05, 4.69) is 9.47 Å². The largest absolute Gasteiger partial charge is 0.355 e. The standard InChI is InChI=1S/C6H12F2O2/c1-3-4-9-5-10-6(2,7)8/h3-5H2,1-2H3. The van der Waals surface area contributed by atoms with Gasteiger partial charge in [0.1, 0.15) is 0 Å². The van der Waals surface area contributed by atoms with Crippen LogP contribution in [0.5, 0.6) is 0 Å². The second kappa shape index (κ2) is 4.57. The molecule has 2 nitrogen and oxygen atoms in total. The van der Waals surface area contributed by atoms with Crippen LogP contribution in [0, 0.1) is 0 Å². The van der Waals surface area contributed by atoms with Crippen LogP contribution in [-0.4, -0.2) is 19.5 Å². The summed E-state index contributed by atoms with van der Waals surface area (Å²) in [6.07, 6.45) is -2.27. The lowest BCUT2D eigenvalue weighted by Crippen LogP contribution is -2.17. The van der Waals surface area contributed by atoms with Crippen molar-refractivity contribution in [1.82, 2.24) is 0 Å². The highest BCUT2D eigenvalue weighted by atomic mass is 19.3. The van der Waals surface area contributed by atoms with E-state index in [0.29, 0.717) is 13.5 Å². The van der Waals surface area contributed by atoms with Gasteiger partial charge in [0.05, 0.1) is 0 Å². The summed E-state index contributed by atoms with van der Waals surface area (Å²) in [7, 11) is 0. The summed E-state index contributed by atoms with van der Waals surface area (Å²) in [5.41, 5.74) is 0. The average molecular weight is 154 g/mol. The van der Waals surface area contributed by atoms with E-state index in [1.165, 1.54) is 0 Å². The van der Waals surface area contributed by atoms with Gasteiger partial charge in [0.15, 0.2) is 6.79 Å². The van der Waals surface area contributed by atoms with Crippen molar-refractivity contribution < 1.29 is 18.3 Å². The Morgan fingerprint density at radius 1 is 1.40 bits per heavy atom. The molecule has 0 aromatic heterocycles. The topological polar surface area (TPSA) is 18.5 Å². The molecule has 0 heterocycles. The predicted molar refractivity (Wildman–Crippen MR) is 32.8 cm³/mol. The number of hydrogen-bond donors (Lipinski definition) is 0. The van der Waals surface area contributed by atoms with Crippen LogP contribution in [0.4, 0.5) is 8.78 Å². The third-order valence-corrected chi connectivity index (χ3v) is 0.744. The molecule has 4 heteroatoms. The molecule has 0 unspecified atom stereocenters. The Morgan fingerprint density at radius 3 is 2.40 bits per heavy atom. The van der Waals surface area contributed by atoms with Crippen LogP contribution in [0.2, 0.25) is 0 Å². The van der Waals surface area contributed by atoms with E-state index in [9.17, 15) is 8.78 Å². The lowest BCUT2D eigenvalue weighted by atomic mass is 10.5. The summed E-state index contributed by atoms with van der Waals surface area (Å²) < 4.78 is 32.3. The van der Waals surface area contributed by atoms with Crippen molar-refractivity contribution in [2.45, 2.75) is 26.4 Å². The molecule has 0 bridgehead atoms. The summed E-state index contributed by atoms with van der Waals surface area (Å²) in [4.78, 5) is 0. The molecule has 0 aliphatic heterocycles. The summed E-state index contributed by atoms with van der Waals surface area (Å²) in [6, 6.07) is 0. The van der Waals surface area contributed by atoms with E-state index < -0.39 is 6.11 Å². The minimum absolute atomic E-state index is 0.336. The van der Waals surface area contributed by atoms with Crippen LogP contribution in [0.15, 0.2) is 0 Å². The molecular formula is C6H12F2O2. The third-order valence-electron chi connectivity index (χ3n) is 0.744. The first kappa shape index (κ1) is 9.78. The molecule has 0 N–H and O–H groups in total. The van der Waals surface area contributed by atoms with Gasteiger partial charge >= 0.3 is 6.11 Å². The maximum absolute atomic E-state index is 11.8. The van der Waals surface area contributed by atoms with Gasteiger partial charge in [0.25, 0.3) is 0 Å². The van der Waals surface area contributed by atoms with Gasteiger partial charge in [-0.3, -0.25) is 4.74 Å².